The van der Waals surface area contributed by atoms with E-state index >= 15 is 0 Å². The molecular weight excluding hydrogens is 328 g/mol. The molecule has 1 unspecified atom stereocenters. The van der Waals surface area contributed by atoms with Gasteiger partial charge in [-0.1, -0.05) is 0 Å². The number of hydrogen-bond donors (Lipinski definition) is 5. The molecule has 0 saturated heterocycles. The van der Waals surface area contributed by atoms with Crippen molar-refractivity contribution in [2.75, 3.05) is 0 Å². The first-order valence-electron chi connectivity index (χ1n) is 2.28. The Balaban J connectivity index is 0. The predicted molar refractivity (Wildman–Crippen MR) is 46.0 cm³/mol. The van der Waals surface area contributed by atoms with Gasteiger partial charge in [0.05, 0.1) is 0 Å². The quantitative estimate of drug-likeness (QED) is 0.289. The van der Waals surface area contributed by atoms with Gasteiger partial charge in [0, 0.05) is 0 Å². The van der Waals surface area contributed by atoms with E-state index in [4.69, 9.17) is 24.5 Å². The maximum absolute atomic E-state index is 10.4. The average molecular weight is 336 g/mol. The molecule has 1 atom stereocenters. The third-order valence-corrected chi connectivity index (χ3v) is 3.77. The molecule has 0 rings (SSSR count). The van der Waals surface area contributed by atoms with Crippen LogP contribution in [0.5, 0.6) is 0 Å². The van der Waals surface area contributed by atoms with Gasteiger partial charge in [0.15, 0.2) is 0 Å². The summed E-state index contributed by atoms with van der Waals surface area (Å²) < 4.78 is 36.4. The van der Waals surface area contributed by atoms with E-state index in [0.29, 0.717) is 0 Å². The van der Waals surface area contributed by atoms with Crippen molar-refractivity contribution in [2.24, 2.45) is 0 Å². The SMILES string of the molecule is O=P(O)(O)OP(=O)(O)OP(=O)(O)O.[AsH3]. The molecule has 10 nitrogen and oxygen atoms in total. The fourth-order valence-electron chi connectivity index (χ4n) is 0.284. The Labute approximate surface area is 88.7 Å². The molecule has 5 N–H and O–H groups in total. The van der Waals surface area contributed by atoms with Gasteiger partial charge < -0.3 is 24.5 Å². The van der Waals surface area contributed by atoms with Gasteiger partial charge in [0.2, 0.25) is 0 Å². The Hall–Kier alpha value is 0.968. The molecule has 0 spiro atoms. The van der Waals surface area contributed by atoms with Gasteiger partial charge in [0.25, 0.3) is 0 Å². The minimum atomic E-state index is -5.46. The summed E-state index contributed by atoms with van der Waals surface area (Å²) in [5, 5.41) is 0. The summed E-state index contributed by atoms with van der Waals surface area (Å²) in [7, 11) is -16.2. The fourth-order valence-corrected chi connectivity index (χ4v) is 2.82. The second-order valence-electron chi connectivity index (χ2n) is 1.61. The molecule has 0 aromatic carbocycles. The van der Waals surface area contributed by atoms with Crippen LogP contribution in [0.3, 0.4) is 0 Å². The van der Waals surface area contributed by atoms with Gasteiger partial charge in [-0.2, -0.15) is 8.62 Å². The molecule has 0 aromatic rings. The molecule has 14 heteroatoms. The topological polar surface area (TPSA) is 171 Å². The van der Waals surface area contributed by atoms with E-state index in [1.54, 1.807) is 0 Å². The molecule has 0 fully saturated rings. The summed E-state index contributed by atoms with van der Waals surface area (Å²) in [6.07, 6.45) is 0. The molecule has 0 aliphatic heterocycles. The molecular formula is H8AsO10P3. The Morgan fingerprint density at radius 1 is 0.714 bits per heavy atom. The van der Waals surface area contributed by atoms with E-state index in [0.717, 1.165) is 0 Å². The average Bonchev–Trinajstić information content (AvgIpc) is 1.43. The van der Waals surface area contributed by atoms with Crippen LogP contribution < -0.4 is 0 Å². The van der Waals surface area contributed by atoms with E-state index in [2.05, 4.69) is 8.62 Å². The summed E-state index contributed by atoms with van der Waals surface area (Å²) in [4.78, 5) is 40.2. The van der Waals surface area contributed by atoms with E-state index in [1.807, 2.05) is 0 Å². The normalized spacial score (nSPS) is 13.5. The van der Waals surface area contributed by atoms with Gasteiger partial charge in [0.1, 0.15) is 0 Å². The molecule has 0 bridgehead atoms. The van der Waals surface area contributed by atoms with Crippen molar-refractivity contribution in [1.82, 2.24) is 0 Å². The number of hydrogen-bond acceptors (Lipinski definition) is 5. The molecule has 14 heavy (non-hydrogen) atoms. The first-order valence-corrected chi connectivity index (χ1v) is 6.83. The van der Waals surface area contributed by atoms with Gasteiger partial charge in [-0.05, 0) is 0 Å². The van der Waals surface area contributed by atoms with E-state index < -0.39 is 23.5 Å². The Morgan fingerprint density at radius 2 is 0.929 bits per heavy atom. The van der Waals surface area contributed by atoms with Crippen molar-refractivity contribution in [3.05, 3.63) is 0 Å². The Morgan fingerprint density at radius 3 is 1.07 bits per heavy atom. The number of rotatable bonds is 4. The van der Waals surface area contributed by atoms with Crippen LogP contribution in [0.1, 0.15) is 0 Å². The summed E-state index contributed by atoms with van der Waals surface area (Å²) in [5.74, 6) is 0. The maximum atomic E-state index is 10.4. The zero-order valence-electron chi connectivity index (χ0n) is 6.33. The van der Waals surface area contributed by atoms with Crippen molar-refractivity contribution in [3.63, 3.8) is 0 Å². The second-order valence-corrected chi connectivity index (χ2v) is 5.82. The van der Waals surface area contributed by atoms with Crippen LogP contribution in [0.15, 0.2) is 0 Å². The summed E-state index contributed by atoms with van der Waals surface area (Å²) in [5.41, 5.74) is 0. The fraction of sp³-hybridized carbons (Fsp3) is 0. The zero-order valence-corrected chi connectivity index (χ0v) is 12.0. The van der Waals surface area contributed by atoms with Crippen molar-refractivity contribution in [3.8, 4) is 0 Å². The first-order chi connectivity index (χ1) is 5.41. The molecule has 0 aromatic heterocycles. The van der Waals surface area contributed by atoms with Crippen LogP contribution in [0.25, 0.3) is 0 Å². The van der Waals surface area contributed by atoms with Crippen molar-refractivity contribution >= 4 is 41.4 Å². The van der Waals surface area contributed by atoms with Crippen LogP contribution in [-0.2, 0) is 22.3 Å². The second kappa shape index (κ2) is 5.34. The van der Waals surface area contributed by atoms with Crippen molar-refractivity contribution in [2.45, 2.75) is 0 Å². The van der Waals surface area contributed by atoms with Crippen LogP contribution in [0, 0.1) is 0 Å². The molecule has 0 aliphatic rings. The Bertz CT molecular complexity index is 277. The molecule has 0 amide bonds. The van der Waals surface area contributed by atoms with Crippen LogP contribution >= 0.6 is 23.5 Å². The third-order valence-electron chi connectivity index (χ3n) is 0.419. The van der Waals surface area contributed by atoms with E-state index in [-0.39, 0.29) is 18.0 Å². The van der Waals surface area contributed by atoms with Gasteiger partial charge in [-0.25, -0.2) is 13.7 Å². The predicted octanol–water partition coefficient (Wildman–Crippen LogP) is -1.88. The van der Waals surface area contributed by atoms with Crippen LogP contribution in [0.4, 0.5) is 0 Å². The molecule has 88 valence electrons. The summed E-state index contributed by atoms with van der Waals surface area (Å²) >= 11 is 0. The van der Waals surface area contributed by atoms with Crippen LogP contribution in [-0.4, -0.2) is 42.4 Å². The third kappa shape index (κ3) is 11.0. The van der Waals surface area contributed by atoms with Gasteiger partial charge in [-0.3, -0.25) is 0 Å². The summed E-state index contributed by atoms with van der Waals surface area (Å²) in [6.45, 7) is 0. The molecule has 0 saturated carbocycles. The Kier molecular flexibility index (Phi) is 6.63. The monoisotopic (exact) mass is 336 g/mol. The van der Waals surface area contributed by atoms with Crippen molar-refractivity contribution < 1.29 is 46.8 Å². The molecule has 0 radical (unpaired) electrons. The molecule has 0 heterocycles. The van der Waals surface area contributed by atoms with Gasteiger partial charge >= 0.3 is 41.4 Å². The summed E-state index contributed by atoms with van der Waals surface area (Å²) in [6, 6.07) is 0. The van der Waals surface area contributed by atoms with Gasteiger partial charge in [-0.15, -0.1) is 0 Å². The standard InChI is InChI=1S/AsH3.H5O10P3/c;1-11(2,3)9-13(7,8)10-12(4,5)6/h1H3;(H,7,8)(H2,1,2,3)(H2,4,5,6). The number of phosphoric acid groups is 3. The zero-order chi connectivity index (χ0) is 10.9. The molecule has 0 aliphatic carbocycles. The van der Waals surface area contributed by atoms with E-state index in [9.17, 15) is 13.7 Å². The van der Waals surface area contributed by atoms with E-state index in [1.165, 1.54) is 0 Å². The van der Waals surface area contributed by atoms with Crippen molar-refractivity contribution in [1.29, 1.82) is 0 Å². The first kappa shape index (κ1) is 17.4. The van der Waals surface area contributed by atoms with Crippen LogP contribution in [0.2, 0.25) is 0 Å². The minimum absolute atomic E-state index is 0.